The molecule has 3 nitrogen and oxygen atoms in total. The lowest BCUT2D eigenvalue weighted by Gasteiger charge is -2.21. The summed E-state index contributed by atoms with van der Waals surface area (Å²) >= 11 is 0. The maximum absolute atomic E-state index is 9.71. The standard InChI is InChI=1S/C17H21NO2/c1-13(19)14-9-10-17(20-3)15(11-14)12-18(2)16-7-5-4-6-8-16/h4-11,13,19H,12H2,1-3H3. The van der Waals surface area contributed by atoms with Crippen LogP contribution in [-0.4, -0.2) is 19.3 Å². The van der Waals surface area contributed by atoms with E-state index in [1.807, 2.05) is 43.4 Å². The average molecular weight is 271 g/mol. The third-order valence-corrected chi connectivity index (χ3v) is 3.39. The molecule has 0 amide bonds. The van der Waals surface area contributed by atoms with Crippen molar-refractivity contribution >= 4 is 5.69 Å². The Hall–Kier alpha value is -2.00. The molecule has 2 aromatic carbocycles. The lowest BCUT2D eigenvalue weighted by molar-refractivity contribution is 0.199. The predicted molar refractivity (Wildman–Crippen MR) is 82.2 cm³/mol. The van der Waals surface area contributed by atoms with Crippen LogP contribution in [0, 0.1) is 0 Å². The number of aliphatic hydroxyl groups is 1. The van der Waals surface area contributed by atoms with Crippen molar-refractivity contribution in [3.8, 4) is 5.75 Å². The van der Waals surface area contributed by atoms with Crippen LogP contribution in [0.1, 0.15) is 24.2 Å². The molecule has 0 aliphatic carbocycles. The van der Waals surface area contributed by atoms with Gasteiger partial charge >= 0.3 is 0 Å². The predicted octanol–water partition coefficient (Wildman–Crippen LogP) is 3.38. The van der Waals surface area contributed by atoms with Gasteiger partial charge in [0.15, 0.2) is 0 Å². The minimum Gasteiger partial charge on any atom is -0.496 e. The molecule has 0 saturated carbocycles. The van der Waals surface area contributed by atoms with Gasteiger partial charge in [-0.05, 0) is 36.8 Å². The van der Waals surface area contributed by atoms with E-state index in [-0.39, 0.29) is 0 Å². The lowest BCUT2D eigenvalue weighted by Crippen LogP contribution is -2.17. The van der Waals surface area contributed by atoms with E-state index in [1.54, 1.807) is 14.0 Å². The Morgan fingerprint density at radius 3 is 2.45 bits per heavy atom. The zero-order valence-corrected chi connectivity index (χ0v) is 12.2. The molecule has 0 fully saturated rings. The fourth-order valence-corrected chi connectivity index (χ4v) is 2.21. The zero-order valence-electron chi connectivity index (χ0n) is 12.2. The van der Waals surface area contributed by atoms with Gasteiger partial charge in [0.2, 0.25) is 0 Å². The Morgan fingerprint density at radius 1 is 1.15 bits per heavy atom. The van der Waals surface area contributed by atoms with Crippen LogP contribution in [0.4, 0.5) is 5.69 Å². The average Bonchev–Trinajstić information content (AvgIpc) is 2.48. The Labute approximate surface area is 120 Å². The van der Waals surface area contributed by atoms with E-state index in [4.69, 9.17) is 4.74 Å². The topological polar surface area (TPSA) is 32.7 Å². The number of benzene rings is 2. The normalized spacial score (nSPS) is 12.0. The van der Waals surface area contributed by atoms with Crippen LogP contribution in [0.2, 0.25) is 0 Å². The van der Waals surface area contributed by atoms with Crippen molar-refractivity contribution in [3.05, 3.63) is 59.7 Å². The molecule has 0 radical (unpaired) electrons. The zero-order chi connectivity index (χ0) is 14.5. The third-order valence-electron chi connectivity index (χ3n) is 3.39. The van der Waals surface area contributed by atoms with Gasteiger partial charge in [-0.15, -0.1) is 0 Å². The molecular weight excluding hydrogens is 250 g/mol. The third kappa shape index (κ3) is 3.31. The summed E-state index contributed by atoms with van der Waals surface area (Å²) in [5, 5.41) is 9.71. The summed E-state index contributed by atoms with van der Waals surface area (Å²) in [6, 6.07) is 16.0. The quantitative estimate of drug-likeness (QED) is 0.905. The SMILES string of the molecule is COc1ccc(C(C)O)cc1CN(C)c1ccccc1. The van der Waals surface area contributed by atoms with Crippen molar-refractivity contribution in [2.45, 2.75) is 19.6 Å². The summed E-state index contributed by atoms with van der Waals surface area (Å²) in [7, 11) is 3.72. The number of anilines is 1. The van der Waals surface area contributed by atoms with E-state index in [1.165, 1.54) is 0 Å². The number of ether oxygens (including phenoxy) is 1. The molecule has 3 heteroatoms. The molecule has 1 N–H and O–H groups in total. The largest absolute Gasteiger partial charge is 0.496 e. The molecular formula is C17H21NO2. The van der Waals surface area contributed by atoms with Crippen LogP contribution in [-0.2, 0) is 6.54 Å². The molecule has 0 aromatic heterocycles. The van der Waals surface area contributed by atoms with Crippen LogP contribution in [0.15, 0.2) is 48.5 Å². The molecule has 2 rings (SSSR count). The summed E-state index contributed by atoms with van der Waals surface area (Å²) in [5.74, 6) is 0.845. The summed E-state index contributed by atoms with van der Waals surface area (Å²) < 4.78 is 5.41. The van der Waals surface area contributed by atoms with Crippen LogP contribution < -0.4 is 9.64 Å². The van der Waals surface area contributed by atoms with Crippen molar-refractivity contribution in [2.75, 3.05) is 19.1 Å². The second kappa shape index (κ2) is 6.44. The second-order valence-electron chi connectivity index (χ2n) is 4.94. The van der Waals surface area contributed by atoms with Crippen LogP contribution in [0.3, 0.4) is 0 Å². The molecule has 0 heterocycles. The first-order valence-corrected chi connectivity index (χ1v) is 6.73. The summed E-state index contributed by atoms with van der Waals surface area (Å²) in [6.45, 7) is 2.50. The van der Waals surface area contributed by atoms with Crippen molar-refractivity contribution in [1.82, 2.24) is 0 Å². The van der Waals surface area contributed by atoms with Gasteiger partial charge in [-0.3, -0.25) is 0 Å². The van der Waals surface area contributed by atoms with Gasteiger partial charge in [0.05, 0.1) is 13.2 Å². The van der Waals surface area contributed by atoms with E-state index in [0.29, 0.717) is 0 Å². The number of para-hydroxylation sites is 1. The first kappa shape index (κ1) is 14.4. The molecule has 1 atom stereocenters. The lowest BCUT2D eigenvalue weighted by atomic mass is 10.1. The summed E-state index contributed by atoms with van der Waals surface area (Å²) in [4.78, 5) is 2.16. The van der Waals surface area contributed by atoms with Gasteiger partial charge in [0, 0.05) is 24.8 Å². The first-order valence-electron chi connectivity index (χ1n) is 6.73. The van der Waals surface area contributed by atoms with Crippen LogP contribution >= 0.6 is 0 Å². The van der Waals surface area contributed by atoms with E-state index >= 15 is 0 Å². The van der Waals surface area contributed by atoms with Gasteiger partial charge in [0.25, 0.3) is 0 Å². The maximum Gasteiger partial charge on any atom is 0.123 e. The molecule has 20 heavy (non-hydrogen) atoms. The van der Waals surface area contributed by atoms with Crippen LogP contribution in [0.5, 0.6) is 5.75 Å². The Bertz CT molecular complexity index is 552. The molecule has 1 unspecified atom stereocenters. The van der Waals surface area contributed by atoms with E-state index < -0.39 is 6.10 Å². The molecule has 0 aliphatic rings. The van der Waals surface area contributed by atoms with Crippen LogP contribution in [0.25, 0.3) is 0 Å². The number of hydrogen-bond acceptors (Lipinski definition) is 3. The molecule has 0 spiro atoms. The number of rotatable bonds is 5. The highest BCUT2D eigenvalue weighted by molar-refractivity contribution is 5.48. The van der Waals surface area contributed by atoms with Gasteiger partial charge in [-0.1, -0.05) is 24.3 Å². The number of methoxy groups -OCH3 is 1. The van der Waals surface area contributed by atoms with Gasteiger partial charge in [-0.25, -0.2) is 0 Å². The highest BCUT2D eigenvalue weighted by Crippen LogP contribution is 2.26. The van der Waals surface area contributed by atoms with E-state index in [9.17, 15) is 5.11 Å². The molecule has 0 bridgehead atoms. The Morgan fingerprint density at radius 2 is 1.85 bits per heavy atom. The highest BCUT2D eigenvalue weighted by atomic mass is 16.5. The second-order valence-corrected chi connectivity index (χ2v) is 4.94. The maximum atomic E-state index is 9.71. The molecule has 0 aliphatic heterocycles. The van der Waals surface area contributed by atoms with Gasteiger partial charge in [-0.2, -0.15) is 0 Å². The number of aliphatic hydroxyl groups excluding tert-OH is 1. The van der Waals surface area contributed by atoms with Gasteiger partial charge < -0.3 is 14.7 Å². The smallest absolute Gasteiger partial charge is 0.123 e. The molecule has 106 valence electrons. The minimum atomic E-state index is -0.471. The van der Waals surface area contributed by atoms with Crippen molar-refractivity contribution in [2.24, 2.45) is 0 Å². The van der Waals surface area contributed by atoms with Crippen molar-refractivity contribution < 1.29 is 9.84 Å². The van der Waals surface area contributed by atoms with Crippen molar-refractivity contribution in [1.29, 1.82) is 0 Å². The van der Waals surface area contributed by atoms with E-state index in [0.717, 1.165) is 29.1 Å². The van der Waals surface area contributed by atoms with E-state index in [2.05, 4.69) is 17.0 Å². The monoisotopic (exact) mass is 271 g/mol. The molecule has 0 saturated heterocycles. The van der Waals surface area contributed by atoms with Gasteiger partial charge in [0.1, 0.15) is 5.75 Å². The first-order chi connectivity index (χ1) is 9.61. The summed E-state index contributed by atoms with van der Waals surface area (Å²) in [5.41, 5.74) is 3.12. The number of hydrogen-bond donors (Lipinski definition) is 1. The fourth-order valence-electron chi connectivity index (χ4n) is 2.21. The molecule has 2 aromatic rings. The minimum absolute atomic E-state index is 0.471. The Kier molecular flexibility index (Phi) is 4.64. The Balaban J connectivity index is 2.25. The summed E-state index contributed by atoms with van der Waals surface area (Å²) in [6.07, 6.45) is -0.471. The highest BCUT2D eigenvalue weighted by Gasteiger charge is 2.10. The fraction of sp³-hybridized carbons (Fsp3) is 0.294. The van der Waals surface area contributed by atoms with Crippen molar-refractivity contribution in [3.63, 3.8) is 0 Å². The number of nitrogens with zero attached hydrogens (tertiary/aromatic N) is 1.